The maximum absolute atomic E-state index is 13.4. The molecule has 0 aliphatic carbocycles. The van der Waals surface area contributed by atoms with E-state index in [1.54, 1.807) is 4.90 Å². The molecule has 0 aliphatic heterocycles. The summed E-state index contributed by atoms with van der Waals surface area (Å²) >= 11 is 0. The van der Waals surface area contributed by atoms with Crippen molar-refractivity contribution in [3.05, 3.63) is 35.4 Å². The van der Waals surface area contributed by atoms with Gasteiger partial charge in [-0.15, -0.1) is 0 Å². The summed E-state index contributed by atoms with van der Waals surface area (Å²) in [4.78, 5) is 13.6. The van der Waals surface area contributed by atoms with E-state index in [4.69, 9.17) is 5.73 Å². The summed E-state index contributed by atoms with van der Waals surface area (Å²) in [5, 5.41) is 0. The average Bonchev–Trinajstić information content (AvgIpc) is 2.29. The van der Waals surface area contributed by atoms with E-state index in [9.17, 15) is 13.6 Å². The molecule has 0 atom stereocenters. The van der Waals surface area contributed by atoms with Gasteiger partial charge in [0.25, 0.3) is 0 Å². The number of halogens is 2. The minimum Gasteiger partial charge on any atom is -0.339 e. The molecule has 5 heteroatoms. The van der Waals surface area contributed by atoms with Gasteiger partial charge < -0.3 is 10.6 Å². The normalized spacial score (nSPS) is 10.8. The van der Waals surface area contributed by atoms with Crippen LogP contribution in [-0.4, -0.2) is 29.9 Å². The summed E-state index contributed by atoms with van der Waals surface area (Å²) in [5.74, 6) is -1.55. The molecule has 1 amide bonds. The Morgan fingerprint density at radius 1 is 1.39 bits per heavy atom. The number of carbonyl (C=O) groups is 1. The lowest BCUT2D eigenvalue weighted by atomic mass is 10.1. The smallest absolute Gasteiger partial charge is 0.227 e. The van der Waals surface area contributed by atoms with Crippen LogP contribution in [-0.2, 0) is 11.2 Å². The van der Waals surface area contributed by atoms with Crippen molar-refractivity contribution in [3.63, 3.8) is 0 Å². The molecule has 0 aromatic heterocycles. The SMILES string of the molecule is CC(C)N(CCN)C(=O)Cc1ccc(F)cc1F. The summed E-state index contributed by atoms with van der Waals surface area (Å²) in [6.45, 7) is 4.53. The van der Waals surface area contributed by atoms with Gasteiger partial charge in [0.1, 0.15) is 11.6 Å². The molecule has 0 radical (unpaired) electrons. The highest BCUT2D eigenvalue weighted by atomic mass is 19.1. The number of carbonyl (C=O) groups excluding carboxylic acids is 1. The topological polar surface area (TPSA) is 46.3 Å². The molecule has 1 aromatic rings. The molecular formula is C13H18F2N2O. The highest BCUT2D eigenvalue weighted by Crippen LogP contribution is 2.12. The van der Waals surface area contributed by atoms with Crippen LogP contribution in [0.5, 0.6) is 0 Å². The average molecular weight is 256 g/mol. The molecule has 2 N–H and O–H groups in total. The van der Waals surface area contributed by atoms with Crippen molar-refractivity contribution in [1.82, 2.24) is 4.90 Å². The van der Waals surface area contributed by atoms with E-state index in [0.29, 0.717) is 13.1 Å². The van der Waals surface area contributed by atoms with Crippen molar-refractivity contribution in [2.24, 2.45) is 5.73 Å². The first kappa shape index (κ1) is 14.6. The van der Waals surface area contributed by atoms with Gasteiger partial charge in [-0.05, 0) is 25.5 Å². The van der Waals surface area contributed by atoms with Crippen molar-refractivity contribution < 1.29 is 13.6 Å². The molecule has 18 heavy (non-hydrogen) atoms. The third-order valence-corrected chi connectivity index (χ3v) is 2.67. The number of hydrogen-bond acceptors (Lipinski definition) is 2. The molecular weight excluding hydrogens is 238 g/mol. The van der Waals surface area contributed by atoms with Crippen molar-refractivity contribution in [1.29, 1.82) is 0 Å². The molecule has 0 bridgehead atoms. The Kier molecular flexibility index (Phi) is 5.22. The molecule has 0 saturated heterocycles. The monoisotopic (exact) mass is 256 g/mol. The van der Waals surface area contributed by atoms with Gasteiger partial charge in [-0.1, -0.05) is 6.07 Å². The number of nitrogens with zero attached hydrogens (tertiary/aromatic N) is 1. The van der Waals surface area contributed by atoms with Gasteiger partial charge in [-0.25, -0.2) is 8.78 Å². The maximum atomic E-state index is 13.4. The summed E-state index contributed by atoms with van der Waals surface area (Å²) < 4.78 is 26.2. The molecule has 0 aliphatic rings. The van der Waals surface area contributed by atoms with Crippen LogP contribution in [0.25, 0.3) is 0 Å². The Hall–Kier alpha value is -1.49. The molecule has 1 rings (SSSR count). The van der Waals surface area contributed by atoms with Crippen molar-refractivity contribution in [2.45, 2.75) is 26.3 Å². The Balaban J connectivity index is 2.79. The third kappa shape index (κ3) is 3.77. The Morgan fingerprint density at radius 3 is 2.56 bits per heavy atom. The van der Waals surface area contributed by atoms with Gasteiger partial charge in [0, 0.05) is 25.2 Å². The molecule has 0 spiro atoms. The highest BCUT2D eigenvalue weighted by Gasteiger charge is 2.18. The second-order valence-corrected chi connectivity index (χ2v) is 4.38. The van der Waals surface area contributed by atoms with Crippen LogP contribution in [0.4, 0.5) is 8.78 Å². The maximum Gasteiger partial charge on any atom is 0.227 e. The lowest BCUT2D eigenvalue weighted by Gasteiger charge is -2.26. The van der Waals surface area contributed by atoms with Crippen LogP contribution in [0.15, 0.2) is 18.2 Å². The van der Waals surface area contributed by atoms with Crippen molar-refractivity contribution in [3.8, 4) is 0 Å². The highest BCUT2D eigenvalue weighted by molar-refractivity contribution is 5.79. The Morgan fingerprint density at radius 2 is 2.06 bits per heavy atom. The van der Waals surface area contributed by atoms with E-state index < -0.39 is 11.6 Å². The Labute approximate surface area is 106 Å². The van der Waals surface area contributed by atoms with Crippen LogP contribution in [0.2, 0.25) is 0 Å². The number of rotatable bonds is 5. The van der Waals surface area contributed by atoms with E-state index in [2.05, 4.69) is 0 Å². The number of nitrogens with two attached hydrogens (primary N) is 1. The Bertz CT molecular complexity index is 421. The summed E-state index contributed by atoms with van der Waals surface area (Å²) in [6, 6.07) is 3.23. The second-order valence-electron chi connectivity index (χ2n) is 4.38. The van der Waals surface area contributed by atoms with Crippen molar-refractivity contribution in [2.75, 3.05) is 13.1 Å². The number of benzene rings is 1. The zero-order chi connectivity index (χ0) is 13.7. The molecule has 100 valence electrons. The van der Waals surface area contributed by atoms with Crippen molar-refractivity contribution >= 4 is 5.91 Å². The van der Waals surface area contributed by atoms with E-state index >= 15 is 0 Å². The second kappa shape index (κ2) is 6.44. The van der Waals surface area contributed by atoms with E-state index in [0.717, 1.165) is 12.1 Å². The van der Waals surface area contributed by atoms with Gasteiger partial charge in [-0.2, -0.15) is 0 Å². The van der Waals surface area contributed by atoms with Crippen LogP contribution in [0.1, 0.15) is 19.4 Å². The van der Waals surface area contributed by atoms with Gasteiger partial charge in [0.05, 0.1) is 6.42 Å². The quantitative estimate of drug-likeness (QED) is 0.871. The van der Waals surface area contributed by atoms with E-state index in [1.807, 2.05) is 13.8 Å². The first-order chi connectivity index (χ1) is 8.45. The fourth-order valence-corrected chi connectivity index (χ4v) is 1.74. The van der Waals surface area contributed by atoms with E-state index in [-0.39, 0.29) is 23.9 Å². The zero-order valence-corrected chi connectivity index (χ0v) is 10.6. The predicted molar refractivity (Wildman–Crippen MR) is 66.0 cm³/mol. The van der Waals surface area contributed by atoms with Gasteiger partial charge in [0.15, 0.2) is 0 Å². The van der Waals surface area contributed by atoms with Crippen LogP contribution >= 0.6 is 0 Å². The van der Waals surface area contributed by atoms with Crippen LogP contribution in [0, 0.1) is 11.6 Å². The summed E-state index contributed by atoms with van der Waals surface area (Å²) in [6.07, 6.45) is -0.0791. The molecule has 0 fully saturated rings. The van der Waals surface area contributed by atoms with Gasteiger partial charge in [-0.3, -0.25) is 4.79 Å². The van der Waals surface area contributed by atoms with Crippen LogP contribution in [0.3, 0.4) is 0 Å². The fraction of sp³-hybridized carbons (Fsp3) is 0.462. The standard InChI is InChI=1S/C13H18F2N2O/c1-9(2)17(6-5-16)13(18)7-10-3-4-11(14)8-12(10)15/h3-4,8-9H,5-7,16H2,1-2H3. The summed E-state index contributed by atoms with van der Waals surface area (Å²) in [7, 11) is 0. The first-order valence-electron chi connectivity index (χ1n) is 5.89. The minimum atomic E-state index is -0.695. The molecule has 3 nitrogen and oxygen atoms in total. The minimum absolute atomic E-state index is 0.00422. The van der Waals surface area contributed by atoms with E-state index in [1.165, 1.54) is 6.07 Å². The fourth-order valence-electron chi connectivity index (χ4n) is 1.74. The molecule has 0 heterocycles. The predicted octanol–water partition coefficient (Wildman–Crippen LogP) is 1.70. The lowest BCUT2D eigenvalue weighted by Crippen LogP contribution is -2.41. The largest absolute Gasteiger partial charge is 0.339 e. The number of hydrogen-bond donors (Lipinski definition) is 1. The van der Waals surface area contributed by atoms with Crippen LogP contribution < -0.4 is 5.73 Å². The first-order valence-corrected chi connectivity index (χ1v) is 5.89. The van der Waals surface area contributed by atoms with Gasteiger partial charge in [0.2, 0.25) is 5.91 Å². The zero-order valence-electron chi connectivity index (χ0n) is 10.6. The summed E-state index contributed by atoms with van der Waals surface area (Å²) in [5.41, 5.74) is 5.63. The molecule has 1 aromatic carbocycles. The lowest BCUT2D eigenvalue weighted by molar-refractivity contribution is -0.132. The van der Waals surface area contributed by atoms with Gasteiger partial charge >= 0.3 is 0 Å². The molecule has 0 unspecified atom stereocenters. The third-order valence-electron chi connectivity index (χ3n) is 2.67. The molecule has 0 saturated carbocycles. The number of amides is 1.